The molecule has 3 rings (SSSR count). The third kappa shape index (κ3) is 5.03. The Morgan fingerprint density at radius 1 is 1.13 bits per heavy atom. The third-order valence-electron chi connectivity index (χ3n) is 7.04. The lowest BCUT2D eigenvalue weighted by atomic mass is 9.68. The molecule has 1 heterocycles. The zero-order valence-electron chi connectivity index (χ0n) is 17.4. The molecule has 0 aromatic carbocycles. The summed E-state index contributed by atoms with van der Waals surface area (Å²) >= 11 is 0. The number of hydrogen-bond donors (Lipinski definition) is 2. The molecule has 0 radical (unpaired) electrons. The summed E-state index contributed by atoms with van der Waals surface area (Å²) in [6, 6.07) is -1.46. The van der Waals surface area contributed by atoms with E-state index in [1.165, 1.54) is 6.92 Å². The van der Waals surface area contributed by atoms with Crippen molar-refractivity contribution in [3.63, 3.8) is 0 Å². The molecule has 10 heteroatoms. The molecule has 0 aromatic rings. The number of carbonyl (C=O) groups is 2. The summed E-state index contributed by atoms with van der Waals surface area (Å²) in [6.45, 7) is 2.93. The van der Waals surface area contributed by atoms with Gasteiger partial charge in [0.05, 0.1) is 12.3 Å². The van der Waals surface area contributed by atoms with Gasteiger partial charge in [-0.2, -0.15) is 13.2 Å². The molecule has 2 N–H and O–H groups in total. The maximum absolute atomic E-state index is 14.2. The summed E-state index contributed by atoms with van der Waals surface area (Å²) in [4.78, 5) is 25.0. The normalized spacial score (nSPS) is 37.7. The lowest BCUT2D eigenvalue weighted by Gasteiger charge is -2.45. The van der Waals surface area contributed by atoms with E-state index in [4.69, 9.17) is 0 Å². The van der Waals surface area contributed by atoms with E-state index in [2.05, 4.69) is 10.6 Å². The molecule has 31 heavy (non-hydrogen) atoms. The Kier molecular flexibility index (Phi) is 6.96. The second-order valence-electron chi connectivity index (χ2n) is 9.05. The van der Waals surface area contributed by atoms with Crippen LogP contribution in [0.3, 0.4) is 0 Å². The average Bonchev–Trinajstić information content (AvgIpc) is 2.64. The summed E-state index contributed by atoms with van der Waals surface area (Å²) in [6.07, 6.45) is -9.93. The van der Waals surface area contributed by atoms with Crippen LogP contribution in [0, 0.1) is 17.8 Å². The Morgan fingerprint density at radius 2 is 1.81 bits per heavy atom. The molecule has 0 spiro atoms. The lowest BCUT2D eigenvalue weighted by molar-refractivity contribution is -0.213. The van der Waals surface area contributed by atoms with Crippen LogP contribution in [-0.2, 0) is 9.59 Å². The monoisotopic (exact) mass is 454 g/mol. The topological polar surface area (TPSA) is 58.2 Å². The van der Waals surface area contributed by atoms with Gasteiger partial charge in [-0.1, -0.05) is 5.57 Å². The molecule has 0 saturated heterocycles. The van der Waals surface area contributed by atoms with Crippen molar-refractivity contribution < 1.29 is 35.9 Å². The van der Waals surface area contributed by atoms with Gasteiger partial charge < -0.3 is 10.6 Å². The number of fused-ring (bicyclic) bond motifs is 1. The number of hydrogen-bond acceptors (Lipinski definition) is 2. The number of amides is 2. The fourth-order valence-corrected chi connectivity index (χ4v) is 5.40. The number of alkyl halides is 6. The average molecular weight is 454 g/mol. The fourth-order valence-electron chi connectivity index (χ4n) is 5.40. The first-order valence-electron chi connectivity index (χ1n) is 10.7. The summed E-state index contributed by atoms with van der Waals surface area (Å²) in [5.74, 6) is -5.36. The Bertz CT molecular complexity index is 740. The molecule has 0 bridgehead atoms. The Balaban J connectivity index is 1.74. The smallest absolute Gasteiger partial charge is 0.353 e. The van der Waals surface area contributed by atoms with Crippen molar-refractivity contribution in [1.29, 1.82) is 0 Å². The van der Waals surface area contributed by atoms with Crippen LogP contribution in [0.25, 0.3) is 0 Å². The fraction of sp³-hybridized carbons (Fsp3) is 0.810. The highest BCUT2D eigenvalue weighted by Crippen LogP contribution is 2.48. The van der Waals surface area contributed by atoms with Gasteiger partial charge in [-0.3, -0.25) is 9.59 Å². The second-order valence-corrected chi connectivity index (χ2v) is 9.05. The van der Waals surface area contributed by atoms with E-state index in [1.807, 2.05) is 0 Å². The van der Waals surface area contributed by atoms with Crippen LogP contribution in [0.1, 0.15) is 52.4 Å². The maximum atomic E-state index is 14.2. The number of halogens is 6. The number of nitrogens with one attached hydrogen (secondary N) is 2. The van der Waals surface area contributed by atoms with E-state index >= 15 is 0 Å². The van der Waals surface area contributed by atoms with Crippen LogP contribution < -0.4 is 10.6 Å². The maximum Gasteiger partial charge on any atom is 0.395 e. The zero-order chi connectivity index (χ0) is 23.1. The van der Waals surface area contributed by atoms with Gasteiger partial charge in [0.1, 0.15) is 18.5 Å². The van der Waals surface area contributed by atoms with Crippen molar-refractivity contribution >= 4 is 11.8 Å². The van der Waals surface area contributed by atoms with E-state index < -0.39 is 72.8 Å². The van der Waals surface area contributed by atoms with E-state index in [1.54, 1.807) is 6.92 Å². The van der Waals surface area contributed by atoms with Crippen molar-refractivity contribution in [1.82, 2.24) is 10.6 Å². The summed E-state index contributed by atoms with van der Waals surface area (Å²) in [7, 11) is 0. The Hall–Kier alpha value is -1.74. The third-order valence-corrected chi connectivity index (χ3v) is 7.04. The SMILES string of the molecule is CC1=C(CC(=O)N[C@@H](C)C2CCC(F)CC2F)C(=O)NC2CCC(F)C(C(F)(F)F)C12. The van der Waals surface area contributed by atoms with Crippen LogP contribution in [0.4, 0.5) is 26.3 Å². The summed E-state index contributed by atoms with van der Waals surface area (Å²) < 4.78 is 82.3. The van der Waals surface area contributed by atoms with Gasteiger partial charge >= 0.3 is 6.18 Å². The van der Waals surface area contributed by atoms with Gasteiger partial charge in [0.25, 0.3) is 0 Å². The Labute approximate surface area is 177 Å². The molecule has 4 nitrogen and oxygen atoms in total. The zero-order valence-corrected chi connectivity index (χ0v) is 17.4. The molecule has 8 atom stereocenters. The molecule has 7 unspecified atom stereocenters. The molecule has 3 aliphatic rings. The van der Waals surface area contributed by atoms with Gasteiger partial charge in [0.2, 0.25) is 11.8 Å². The van der Waals surface area contributed by atoms with Gasteiger partial charge in [-0.25, -0.2) is 13.2 Å². The predicted molar refractivity (Wildman–Crippen MR) is 101 cm³/mol. The van der Waals surface area contributed by atoms with E-state index in [0.29, 0.717) is 0 Å². The minimum atomic E-state index is -4.78. The van der Waals surface area contributed by atoms with Gasteiger partial charge in [-0.05, 0) is 39.5 Å². The lowest BCUT2D eigenvalue weighted by Crippen LogP contribution is -2.56. The molecular formula is C21H28F6N2O2. The van der Waals surface area contributed by atoms with Gasteiger partial charge in [-0.15, -0.1) is 0 Å². The van der Waals surface area contributed by atoms with Crippen LogP contribution in [0.2, 0.25) is 0 Å². The van der Waals surface area contributed by atoms with Gasteiger partial charge in [0.15, 0.2) is 0 Å². The van der Waals surface area contributed by atoms with Gasteiger partial charge in [0, 0.05) is 35.9 Å². The first kappa shape index (κ1) is 23.9. The molecule has 176 valence electrons. The highest BCUT2D eigenvalue weighted by molar-refractivity contribution is 6.00. The standard InChI is InChI=1S/C21H28F6N2O2/c1-9-13(8-17(30)28-10(2)12-4-3-11(22)7-15(12)24)20(31)29-16-6-5-14(23)19(18(9)16)21(25,26)27/h10-12,14-16,18-19H,3-8H2,1-2H3,(H,28,30)(H,29,31)/t10-,11?,12?,14?,15?,16?,18?,19?/m0/s1. The number of rotatable bonds is 4. The van der Waals surface area contributed by atoms with E-state index in [9.17, 15) is 35.9 Å². The van der Waals surface area contributed by atoms with Crippen molar-refractivity contribution in [2.45, 2.75) is 89.1 Å². The second kappa shape index (κ2) is 9.02. The van der Waals surface area contributed by atoms with Crippen LogP contribution in [0.5, 0.6) is 0 Å². The molecular weight excluding hydrogens is 426 g/mol. The molecule has 0 aromatic heterocycles. The van der Waals surface area contributed by atoms with Crippen molar-refractivity contribution in [3.8, 4) is 0 Å². The summed E-state index contributed by atoms with van der Waals surface area (Å²) in [5, 5.41) is 5.10. The van der Waals surface area contributed by atoms with E-state index in [0.717, 1.165) is 0 Å². The molecule has 2 fully saturated rings. The molecule has 2 amide bonds. The van der Waals surface area contributed by atoms with Crippen LogP contribution in [-0.4, -0.2) is 48.6 Å². The molecule has 2 aliphatic carbocycles. The highest BCUT2D eigenvalue weighted by Gasteiger charge is 2.56. The van der Waals surface area contributed by atoms with Crippen molar-refractivity contribution in [2.24, 2.45) is 17.8 Å². The van der Waals surface area contributed by atoms with E-state index in [-0.39, 0.29) is 43.3 Å². The quantitative estimate of drug-likeness (QED) is 0.629. The molecule has 2 saturated carbocycles. The predicted octanol–water partition coefficient (Wildman–Crippen LogP) is 4.10. The highest BCUT2D eigenvalue weighted by atomic mass is 19.4. The summed E-state index contributed by atoms with van der Waals surface area (Å²) in [5.41, 5.74) is -0.0406. The first-order valence-corrected chi connectivity index (χ1v) is 10.7. The largest absolute Gasteiger partial charge is 0.395 e. The van der Waals surface area contributed by atoms with Crippen LogP contribution in [0.15, 0.2) is 11.1 Å². The van der Waals surface area contributed by atoms with Crippen molar-refractivity contribution in [2.75, 3.05) is 0 Å². The van der Waals surface area contributed by atoms with Crippen molar-refractivity contribution in [3.05, 3.63) is 11.1 Å². The minimum Gasteiger partial charge on any atom is -0.353 e. The molecule has 1 aliphatic heterocycles. The first-order chi connectivity index (χ1) is 14.4. The van der Waals surface area contributed by atoms with Crippen LogP contribution >= 0.6 is 0 Å². The number of carbonyl (C=O) groups excluding carboxylic acids is 2. The minimum absolute atomic E-state index is 0.0718. The Morgan fingerprint density at radius 3 is 2.42 bits per heavy atom.